The first kappa shape index (κ1) is 17.6. The van der Waals surface area contributed by atoms with Crippen molar-refractivity contribution in [2.24, 2.45) is 5.41 Å². The summed E-state index contributed by atoms with van der Waals surface area (Å²) in [4.78, 5) is 14.0. The van der Waals surface area contributed by atoms with Gasteiger partial charge in [0.1, 0.15) is 5.41 Å². The van der Waals surface area contributed by atoms with Crippen LogP contribution in [0.4, 0.5) is 0 Å². The van der Waals surface area contributed by atoms with Crippen LogP contribution in [-0.2, 0) is 24.2 Å². The number of carboxylic acids is 1. The van der Waals surface area contributed by atoms with E-state index in [9.17, 15) is 15.0 Å². The summed E-state index contributed by atoms with van der Waals surface area (Å²) >= 11 is 0. The molecule has 0 amide bonds. The van der Waals surface area contributed by atoms with E-state index in [-0.39, 0.29) is 0 Å². The molecule has 0 bridgehead atoms. The Morgan fingerprint density at radius 1 is 1.40 bits per heavy atom. The second-order valence-electron chi connectivity index (χ2n) is 6.76. The minimum absolute atomic E-state index is 0.307. The minimum Gasteiger partial charge on any atom is -0.481 e. The van der Waals surface area contributed by atoms with Crippen LogP contribution < -0.4 is 0 Å². The van der Waals surface area contributed by atoms with Crippen molar-refractivity contribution in [2.75, 3.05) is 13.1 Å². The summed E-state index contributed by atoms with van der Waals surface area (Å²) in [6, 6.07) is 11.4. The zero-order valence-corrected chi connectivity index (χ0v) is 14.4. The van der Waals surface area contributed by atoms with Crippen LogP contribution in [0.5, 0.6) is 0 Å². The zero-order valence-electron chi connectivity index (χ0n) is 14.4. The molecule has 0 saturated carbocycles. The summed E-state index contributed by atoms with van der Waals surface area (Å²) in [6.45, 7) is 3.45. The molecule has 3 rings (SSSR count). The molecule has 2 aromatic rings. The standard InChI is InChI=1S/C19H24N2O4/c1-2-15-10-16(25-20-15)12-21-9-8-19(18(23)24,17(22)13-21)11-14-6-4-3-5-7-14/h3-7,10,17,22H,2,8-9,11-13H2,1H3,(H,23,24)/t17-,19+/m0/s1. The normalized spacial score (nSPS) is 24.3. The first-order valence-corrected chi connectivity index (χ1v) is 8.65. The van der Waals surface area contributed by atoms with E-state index < -0.39 is 17.5 Å². The molecule has 6 nitrogen and oxygen atoms in total. The first-order chi connectivity index (χ1) is 12.0. The van der Waals surface area contributed by atoms with Crippen LogP contribution in [0.25, 0.3) is 0 Å². The largest absolute Gasteiger partial charge is 0.481 e. The lowest BCUT2D eigenvalue weighted by molar-refractivity contribution is -0.163. The third-order valence-electron chi connectivity index (χ3n) is 5.08. The average molecular weight is 344 g/mol. The van der Waals surface area contributed by atoms with Crippen LogP contribution in [0.1, 0.15) is 30.4 Å². The molecule has 25 heavy (non-hydrogen) atoms. The molecule has 2 N–H and O–H groups in total. The lowest BCUT2D eigenvalue weighted by Crippen LogP contribution is -2.55. The highest BCUT2D eigenvalue weighted by molar-refractivity contribution is 5.76. The molecule has 1 aromatic heterocycles. The van der Waals surface area contributed by atoms with Crippen molar-refractivity contribution in [3.05, 3.63) is 53.4 Å². The average Bonchev–Trinajstić information content (AvgIpc) is 3.06. The van der Waals surface area contributed by atoms with Gasteiger partial charge in [0.15, 0.2) is 5.76 Å². The Bertz CT molecular complexity index is 715. The maximum absolute atomic E-state index is 12.0. The highest BCUT2D eigenvalue weighted by Gasteiger charge is 2.48. The molecular weight excluding hydrogens is 320 g/mol. The van der Waals surface area contributed by atoms with E-state index in [0.29, 0.717) is 32.5 Å². The van der Waals surface area contributed by atoms with E-state index in [0.717, 1.165) is 23.4 Å². The second-order valence-corrected chi connectivity index (χ2v) is 6.76. The number of piperidine rings is 1. The number of aliphatic hydroxyl groups is 1. The van der Waals surface area contributed by atoms with Crippen LogP contribution in [0, 0.1) is 5.41 Å². The van der Waals surface area contributed by atoms with Gasteiger partial charge in [-0.15, -0.1) is 0 Å². The van der Waals surface area contributed by atoms with Gasteiger partial charge in [-0.3, -0.25) is 9.69 Å². The number of rotatable bonds is 6. The number of β-amino-alcohol motifs (C(OH)–C–C–N with tert-alkyl or cyclic N) is 1. The van der Waals surface area contributed by atoms with Gasteiger partial charge in [0.25, 0.3) is 0 Å². The SMILES string of the molecule is CCc1cc(CN2CC[C@](Cc3ccccc3)(C(=O)O)[C@@H](O)C2)on1. The van der Waals surface area contributed by atoms with Crippen molar-refractivity contribution >= 4 is 5.97 Å². The van der Waals surface area contributed by atoms with Crippen LogP contribution in [0.2, 0.25) is 0 Å². The number of aryl methyl sites for hydroxylation is 1. The molecule has 0 aliphatic carbocycles. The molecule has 2 heterocycles. The first-order valence-electron chi connectivity index (χ1n) is 8.65. The Morgan fingerprint density at radius 3 is 2.76 bits per heavy atom. The van der Waals surface area contributed by atoms with Crippen molar-refractivity contribution in [1.29, 1.82) is 0 Å². The van der Waals surface area contributed by atoms with Gasteiger partial charge >= 0.3 is 5.97 Å². The van der Waals surface area contributed by atoms with Gasteiger partial charge in [0.05, 0.1) is 18.3 Å². The summed E-state index contributed by atoms with van der Waals surface area (Å²) in [6.07, 6.45) is 0.603. The number of benzene rings is 1. The number of aromatic nitrogens is 1. The van der Waals surface area contributed by atoms with Gasteiger partial charge in [-0.1, -0.05) is 42.4 Å². The smallest absolute Gasteiger partial charge is 0.312 e. The molecule has 0 spiro atoms. The summed E-state index contributed by atoms with van der Waals surface area (Å²) in [5.41, 5.74) is 0.685. The van der Waals surface area contributed by atoms with Gasteiger partial charge < -0.3 is 14.7 Å². The molecule has 1 saturated heterocycles. The summed E-state index contributed by atoms with van der Waals surface area (Å²) in [7, 11) is 0. The fourth-order valence-electron chi connectivity index (χ4n) is 3.49. The van der Waals surface area contributed by atoms with E-state index in [1.54, 1.807) is 0 Å². The number of likely N-dealkylation sites (tertiary alicyclic amines) is 1. The van der Waals surface area contributed by atoms with Gasteiger partial charge in [0.2, 0.25) is 0 Å². The van der Waals surface area contributed by atoms with Gasteiger partial charge in [-0.05, 0) is 31.4 Å². The minimum atomic E-state index is -1.14. The van der Waals surface area contributed by atoms with Crippen molar-refractivity contribution in [3.8, 4) is 0 Å². The molecule has 1 aliphatic rings. The second kappa shape index (κ2) is 7.37. The topological polar surface area (TPSA) is 86.8 Å². The zero-order chi connectivity index (χ0) is 17.9. The van der Waals surface area contributed by atoms with E-state index in [1.165, 1.54) is 0 Å². The van der Waals surface area contributed by atoms with Gasteiger partial charge in [0, 0.05) is 12.6 Å². The number of aliphatic hydroxyl groups excluding tert-OH is 1. The molecular formula is C19H24N2O4. The quantitative estimate of drug-likeness (QED) is 0.835. The third kappa shape index (κ3) is 3.75. The molecule has 6 heteroatoms. The van der Waals surface area contributed by atoms with Crippen molar-refractivity contribution in [1.82, 2.24) is 10.1 Å². The Morgan fingerprint density at radius 2 is 2.16 bits per heavy atom. The predicted octanol–water partition coefficient (Wildman–Crippen LogP) is 2.12. The fraction of sp³-hybridized carbons (Fsp3) is 0.474. The number of hydrogen-bond donors (Lipinski definition) is 2. The highest BCUT2D eigenvalue weighted by atomic mass is 16.5. The summed E-state index contributed by atoms with van der Waals surface area (Å²) < 4.78 is 5.30. The number of hydrogen-bond acceptors (Lipinski definition) is 5. The van der Waals surface area contributed by atoms with E-state index in [1.807, 2.05) is 48.2 Å². The third-order valence-corrected chi connectivity index (χ3v) is 5.08. The van der Waals surface area contributed by atoms with Crippen LogP contribution in [0.3, 0.4) is 0 Å². The molecule has 2 atom stereocenters. The van der Waals surface area contributed by atoms with E-state index in [4.69, 9.17) is 4.52 Å². The van der Waals surface area contributed by atoms with Gasteiger partial charge in [-0.25, -0.2) is 0 Å². The molecule has 0 unspecified atom stereocenters. The maximum Gasteiger partial charge on any atom is 0.312 e. The number of carboxylic acid groups (broad SMARTS) is 1. The van der Waals surface area contributed by atoms with Crippen LogP contribution in [-0.4, -0.2) is 45.4 Å². The van der Waals surface area contributed by atoms with Crippen molar-refractivity contribution in [2.45, 2.75) is 38.8 Å². The summed E-state index contributed by atoms with van der Waals surface area (Å²) in [5, 5.41) is 24.5. The Kier molecular flexibility index (Phi) is 5.20. The molecule has 1 fully saturated rings. The number of aliphatic carboxylic acids is 1. The van der Waals surface area contributed by atoms with Crippen molar-refractivity contribution < 1.29 is 19.5 Å². The van der Waals surface area contributed by atoms with Crippen molar-refractivity contribution in [3.63, 3.8) is 0 Å². The molecule has 1 aliphatic heterocycles. The van der Waals surface area contributed by atoms with E-state index in [2.05, 4.69) is 5.16 Å². The predicted molar refractivity (Wildman–Crippen MR) is 92.0 cm³/mol. The monoisotopic (exact) mass is 344 g/mol. The summed E-state index contributed by atoms with van der Waals surface area (Å²) in [5.74, 6) is -0.189. The Labute approximate surface area is 147 Å². The molecule has 134 valence electrons. The molecule has 0 radical (unpaired) electrons. The van der Waals surface area contributed by atoms with Gasteiger partial charge in [-0.2, -0.15) is 0 Å². The van der Waals surface area contributed by atoms with Crippen LogP contribution in [0.15, 0.2) is 40.9 Å². The lowest BCUT2D eigenvalue weighted by Gasteiger charge is -2.42. The maximum atomic E-state index is 12.0. The Balaban J connectivity index is 1.70. The highest BCUT2D eigenvalue weighted by Crippen LogP contribution is 2.36. The van der Waals surface area contributed by atoms with Crippen LogP contribution >= 0.6 is 0 Å². The number of carbonyl (C=O) groups is 1. The van der Waals surface area contributed by atoms with E-state index >= 15 is 0 Å². The number of nitrogens with zero attached hydrogens (tertiary/aromatic N) is 2. The lowest BCUT2D eigenvalue weighted by atomic mass is 9.71. The Hall–Kier alpha value is -2.18. The molecule has 1 aromatic carbocycles. The fourth-order valence-corrected chi connectivity index (χ4v) is 3.49.